The number of para-hydroxylation sites is 1. The van der Waals surface area contributed by atoms with Crippen LogP contribution in [0.4, 0.5) is 11.4 Å². The van der Waals surface area contributed by atoms with Crippen molar-refractivity contribution in [2.45, 2.75) is 11.8 Å². The van der Waals surface area contributed by atoms with E-state index < -0.39 is 20.6 Å². The molecule has 0 aliphatic heterocycles. The van der Waals surface area contributed by atoms with Gasteiger partial charge >= 0.3 is 0 Å². The number of aromatic nitrogens is 2. The van der Waals surface area contributed by atoms with Gasteiger partial charge in [0.05, 0.1) is 16.4 Å². The number of halogens is 1. The molecule has 0 bridgehead atoms. The van der Waals surface area contributed by atoms with E-state index in [1.54, 1.807) is 31.2 Å². The number of rotatable bonds is 4. The highest BCUT2D eigenvalue weighted by molar-refractivity contribution is 7.86. The van der Waals surface area contributed by atoms with Crippen LogP contribution in [-0.4, -0.2) is 22.8 Å². The van der Waals surface area contributed by atoms with E-state index in [0.717, 1.165) is 0 Å². The molecule has 0 unspecified atom stereocenters. The van der Waals surface area contributed by atoms with Gasteiger partial charge in [0.25, 0.3) is 15.7 Å². The summed E-state index contributed by atoms with van der Waals surface area (Å²) in [6.45, 7) is 1.62. The minimum atomic E-state index is -4.46. The fourth-order valence-corrected chi connectivity index (χ4v) is 3.16. The van der Waals surface area contributed by atoms with Crippen LogP contribution >= 0.6 is 11.6 Å². The van der Waals surface area contributed by atoms with Crippen molar-refractivity contribution in [3.05, 3.63) is 69.6 Å². The van der Waals surface area contributed by atoms with Crippen molar-refractivity contribution in [3.8, 4) is 5.69 Å². The van der Waals surface area contributed by atoms with E-state index in [1.165, 1.54) is 28.9 Å². The largest absolute Gasteiger partial charge is 0.299 e. The highest BCUT2D eigenvalue weighted by Gasteiger charge is 2.16. The summed E-state index contributed by atoms with van der Waals surface area (Å²) in [7, 11) is -4.46. The first-order chi connectivity index (χ1) is 12.3. The Morgan fingerprint density at radius 2 is 1.73 bits per heavy atom. The molecule has 0 amide bonds. The van der Waals surface area contributed by atoms with Gasteiger partial charge in [0.1, 0.15) is 10.6 Å². The van der Waals surface area contributed by atoms with Crippen LogP contribution in [0.1, 0.15) is 5.69 Å². The van der Waals surface area contributed by atoms with E-state index >= 15 is 0 Å². The van der Waals surface area contributed by atoms with Crippen LogP contribution in [0.15, 0.2) is 68.4 Å². The van der Waals surface area contributed by atoms with Gasteiger partial charge in [0.15, 0.2) is 5.69 Å². The van der Waals surface area contributed by atoms with E-state index in [0.29, 0.717) is 16.4 Å². The third-order valence-corrected chi connectivity index (χ3v) is 4.76. The number of aryl methyl sites for hydroxylation is 1. The summed E-state index contributed by atoms with van der Waals surface area (Å²) in [5.41, 5.74) is 0.281. The number of benzene rings is 2. The van der Waals surface area contributed by atoms with Crippen molar-refractivity contribution >= 4 is 33.1 Å². The quantitative estimate of drug-likeness (QED) is 0.518. The SMILES string of the molecule is Cc1[nH]n(-c2ccccc2Cl)c(=O)c1N=Nc1ccccc1S(=O)(=O)O. The molecule has 0 radical (unpaired) electrons. The molecular weight excluding hydrogens is 380 g/mol. The number of aromatic amines is 1. The molecule has 10 heteroatoms. The smallest absolute Gasteiger partial charge is 0.293 e. The van der Waals surface area contributed by atoms with E-state index in [-0.39, 0.29) is 11.4 Å². The lowest BCUT2D eigenvalue weighted by molar-refractivity contribution is 0.483. The predicted octanol–water partition coefficient (Wildman–Crippen LogP) is 3.79. The summed E-state index contributed by atoms with van der Waals surface area (Å²) in [6, 6.07) is 12.3. The Bertz CT molecular complexity index is 1160. The number of nitrogens with zero attached hydrogens (tertiary/aromatic N) is 3. The fraction of sp³-hybridized carbons (Fsp3) is 0.0625. The first-order valence-corrected chi connectivity index (χ1v) is 9.15. The molecule has 0 fully saturated rings. The molecule has 8 nitrogen and oxygen atoms in total. The lowest BCUT2D eigenvalue weighted by Gasteiger charge is -2.02. The van der Waals surface area contributed by atoms with Gasteiger partial charge in [-0.05, 0) is 31.2 Å². The molecule has 0 atom stereocenters. The van der Waals surface area contributed by atoms with E-state index in [1.807, 2.05) is 0 Å². The number of hydrogen-bond donors (Lipinski definition) is 2. The van der Waals surface area contributed by atoms with Crippen molar-refractivity contribution in [1.29, 1.82) is 0 Å². The Kier molecular flexibility index (Phi) is 4.77. The van der Waals surface area contributed by atoms with Crippen molar-refractivity contribution in [2.75, 3.05) is 0 Å². The second-order valence-electron chi connectivity index (χ2n) is 5.32. The van der Waals surface area contributed by atoms with Gasteiger partial charge in [-0.1, -0.05) is 35.9 Å². The fourth-order valence-electron chi connectivity index (χ4n) is 2.32. The van der Waals surface area contributed by atoms with Crippen molar-refractivity contribution in [1.82, 2.24) is 9.78 Å². The maximum absolute atomic E-state index is 12.6. The van der Waals surface area contributed by atoms with Gasteiger partial charge in [-0.2, -0.15) is 8.42 Å². The maximum atomic E-state index is 12.6. The van der Waals surface area contributed by atoms with Crippen molar-refractivity contribution in [3.63, 3.8) is 0 Å². The molecule has 1 aromatic heterocycles. The summed E-state index contributed by atoms with van der Waals surface area (Å²) in [5, 5.41) is 10.9. The van der Waals surface area contributed by atoms with Crippen molar-refractivity contribution < 1.29 is 13.0 Å². The molecule has 2 N–H and O–H groups in total. The zero-order chi connectivity index (χ0) is 18.9. The van der Waals surface area contributed by atoms with E-state index in [2.05, 4.69) is 15.3 Å². The third-order valence-electron chi connectivity index (χ3n) is 3.53. The third kappa shape index (κ3) is 3.45. The standard InChI is InChI=1S/C16H13ClN4O4S/c1-10-15(16(22)21(20-10)13-8-4-2-6-11(13)17)19-18-12-7-3-5-9-14(12)26(23,24)25/h2-9,20H,1H3,(H,23,24,25). The zero-order valence-electron chi connectivity index (χ0n) is 13.4. The number of hydrogen-bond acceptors (Lipinski definition) is 5. The van der Waals surface area contributed by atoms with Crippen LogP contribution in [-0.2, 0) is 10.1 Å². The zero-order valence-corrected chi connectivity index (χ0v) is 15.0. The van der Waals surface area contributed by atoms with Crippen LogP contribution in [0.3, 0.4) is 0 Å². The van der Waals surface area contributed by atoms with Gasteiger partial charge in [0, 0.05) is 0 Å². The molecule has 2 aromatic carbocycles. The number of nitrogens with one attached hydrogen (secondary N) is 1. The number of azo groups is 1. The highest BCUT2D eigenvalue weighted by atomic mass is 35.5. The second kappa shape index (κ2) is 6.87. The van der Waals surface area contributed by atoms with Gasteiger partial charge < -0.3 is 0 Å². The molecule has 134 valence electrons. The summed E-state index contributed by atoms with van der Waals surface area (Å²) in [5.74, 6) is 0. The average molecular weight is 393 g/mol. The van der Waals surface area contributed by atoms with Crippen LogP contribution in [0.5, 0.6) is 0 Å². The molecule has 0 aliphatic carbocycles. The van der Waals surface area contributed by atoms with E-state index in [9.17, 15) is 17.8 Å². The van der Waals surface area contributed by atoms with E-state index in [4.69, 9.17) is 11.6 Å². The first-order valence-electron chi connectivity index (χ1n) is 7.34. The maximum Gasteiger partial charge on any atom is 0.299 e. The monoisotopic (exact) mass is 392 g/mol. The lowest BCUT2D eigenvalue weighted by Crippen LogP contribution is -2.14. The summed E-state index contributed by atoms with van der Waals surface area (Å²) < 4.78 is 33.3. The molecule has 0 aliphatic rings. The van der Waals surface area contributed by atoms with Crippen LogP contribution in [0, 0.1) is 6.92 Å². The lowest BCUT2D eigenvalue weighted by atomic mass is 10.3. The molecule has 0 saturated heterocycles. The Labute approximate surface area is 153 Å². The average Bonchev–Trinajstić information content (AvgIpc) is 2.87. The minimum absolute atomic E-state index is 0.00457. The Morgan fingerprint density at radius 3 is 2.42 bits per heavy atom. The summed E-state index contributed by atoms with van der Waals surface area (Å²) in [4.78, 5) is 12.2. The highest BCUT2D eigenvalue weighted by Crippen LogP contribution is 2.26. The summed E-state index contributed by atoms with van der Waals surface area (Å²) in [6.07, 6.45) is 0. The molecule has 3 aromatic rings. The van der Waals surface area contributed by atoms with Crippen LogP contribution in [0.2, 0.25) is 5.02 Å². The molecular formula is C16H13ClN4O4S. The molecule has 3 rings (SSSR count). The minimum Gasteiger partial charge on any atom is -0.293 e. The Hall–Kier alpha value is -2.75. The van der Waals surface area contributed by atoms with Crippen LogP contribution < -0.4 is 5.56 Å². The molecule has 1 heterocycles. The van der Waals surface area contributed by atoms with Gasteiger partial charge in [-0.25, -0.2) is 4.68 Å². The first kappa shape index (κ1) is 18.1. The summed E-state index contributed by atoms with van der Waals surface area (Å²) >= 11 is 6.11. The Morgan fingerprint density at radius 1 is 1.08 bits per heavy atom. The van der Waals surface area contributed by atoms with Crippen LogP contribution in [0.25, 0.3) is 5.69 Å². The topological polar surface area (TPSA) is 117 Å². The van der Waals surface area contributed by atoms with Gasteiger partial charge in [0.2, 0.25) is 0 Å². The molecule has 26 heavy (non-hydrogen) atoms. The van der Waals surface area contributed by atoms with Gasteiger partial charge in [-0.3, -0.25) is 14.4 Å². The van der Waals surface area contributed by atoms with Gasteiger partial charge in [-0.15, -0.1) is 10.2 Å². The normalized spacial score (nSPS) is 12.0. The second-order valence-corrected chi connectivity index (χ2v) is 7.12. The molecule has 0 saturated carbocycles. The molecule has 0 spiro atoms. The Balaban J connectivity index is 2.07. The van der Waals surface area contributed by atoms with Crippen molar-refractivity contribution in [2.24, 2.45) is 10.2 Å². The number of H-pyrrole nitrogens is 1. The predicted molar refractivity (Wildman–Crippen MR) is 96.6 cm³/mol.